The fourth-order valence-electron chi connectivity index (χ4n) is 2.95. The van der Waals surface area contributed by atoms with Crippen molar-refractivity contribution in [3.05, 3.63) is 59.7 Å². The van der Waals surface area contributed by atoms with E-state index >= 15 is 0 Å². The first-order valence-corrected chi connectivity index (χ1v) is 9.77. The molecule has 30 heavy (non-hydrogen) atoms. The van der Waals surface area contributed by atoms with E-state index in [-0.39, 0.29) is 23.1 Å². The van der Waals surface area contributed by atoms with Gasteiger partial charge < -0.3 is 10.1 Å². The quantitative estimate of drug-likeness (QED) is 0.509. The lowest BCUT2D eigenvalue weighted by atomic mass is 10.1. The van der Waals surface area contributed by atoms with Crippen LogP contribution in [0.15, 0.2) is 42.7 Å². The maximum Gasteiger partial charge on any atom is 0.364 e. The molecule has 3 rings (SSSR count). The summed E-state index contributed by atoms with van der Waals surface area (Å²) >= 11 is 0. The molecule has 2 heterocycles. The number of rotatable bonds is 5. The highest BCUT2D eigenvalue weighted by Crippen LogP contribution is 2.24. The van der Waals surface area contributed by atoms with Crippen LogP contribution in [0, 0.1) is 0 Å². The molecule has 0 bridgehead atoms. The summed E-state index contributed by atoms with van der Waals surface area (Å²) in [6.45, 7) is 10.2. The summed E-state index contributed by atoms with van der Waals surface area (Å²) in [7, 11) is 1.74. The van der Waals surface area contributed by atoms with Gasteiger partial charge in [-0.2, -0.15) is 10.2 Å². The fraction of sp³-hybridized carbons (Fsp3) is 0.364. The zero-order chi connectivity index (χ0) is 22.1. The van der Waals surface area contributed by atoms with Gasteiger partial charge in [-0.05, 0) is 57.0 Å². The molecule has 0 radical (unpaired) electrons. The minimum absolute atomic E-state index is 0.223. The van der Waals surface area contributed by atoms with Crippen LogP contribution in [0.2, 0.25) is 0 Å². The van der Waals surface area contributed by atoms with Gasteiger partial charge in [0.1, 0.15) is 5.75 Å². The van der Waals surface area contributed by atoms with Gasteiger partial charge in [0.05, 0.1) is 17.3 Å². The monoisotopic (exact) mass is 409 g/mol. The predicted octanol–water partition coefficient (Wildman–Crippen LogP) is 3.97. The van der Waals surface area contributed by atoms with E-state index in [0.717, 1.165) is 5.69 Å². The number of carbonyl (C=O) groups excluding carboxylic acids is 2. The van der Waals surface area contributed by atoms with Crippen molar-refractivity contribution in [3.63, 3.8) is 0 Å². The lowest BCUT2D eigenvalue weighted by molar-refractivity contribution is 0.0726. The largest absolute Gasteiger partial charge is 0.422 e. The van der Waals surface area contributed by atoms with Crippen LogP contribution in [0.25, 0.3) is 0 Å². The van der Waals surface area contributed by atoms with E-state index in [1.54, 1.807) is 48.3 Å². The van der Waals surface area contributed by atoms with E-state index in [1.165, 1.54) is 6.20 Å². The van der Waals surface area contributed by atoms with Gasteiger partial charge in [-0.25, -0.2) is 4.79 Å². The molecule has 0 aliphatic heterocycles. The molecule has 0 aliphatic carbocycles. The molecule has 8 nitrogen and oxygen atoms in total. The Morgan fingerprint density at radius 2 is 1.80 bits per heavy atom. The highest BCUT2D eigenvalue weighted by molar-refractivity contribution is 6.03. The molecular weight excluding hydrogens is 382 g/mol. The van der Waals surface area contributed by atoms with Crippen molar-refractivity contribution < 1.29 is 14.3 Å². The van der Waals surface area contributed by atoms with Crippen LogP contribution in [0.4, 0.5) is 5.69 Å². The van der Waals surface area contributed by atoms with Crippen molar-refractivity contribution in [2.45, 2.75) is 46.1 Å². The number of benzene rings is 1. The number of nitrogens with one attached hydrogen (secondary N) is 1. The molecule has 0 aliphatic rings. The third-order valence-corrected chi connectivity index (χ3v) is 4.46. The SMILES string of the molecule is CC(C)c1cc(C(=O)Oc2ccc(NC(=O)c3cnn(C)c3)cc2)nn1C(C)(C)C. The number of aromatic nitrogens is 4. The van der Waals surface area contributed by atoms with Crippen LogP contribution in [-0.2, 0) is 12.6 Å². The van der Waals surface area contributed by atoms with Gasteiger partial charge in [-0.1, -0.05) is 13.8 Å². The smallest absolute Gasteiger partial charge is 0.364 e. The zero-order valence-corrected chi connectivity index (χ0v) is 18.1. The number of nitrogens with zero attached hydrogens (tertiary/aromatic N) is 4. The number of esters is 1. The van der Waals surface area contributed by atoms with Crippen LogP contribution >= 0.6 is 0 Å². The third kappa shape index (κ3) is 4.76. The average Bonchev–Trinajstić information content (AvgIpc) is 3.30. The molecule has 0 saturated heterocycles. The van der Waals surface area contributed by atoms with Crippen molar-refractivity contribution in [2.75, 3.05) is 5.32 Å². The standard InChI is InChI=1S/C22H27N5O3/c1-14(2)19-11-18(25-27(19)22(3,4)5)21(29)30-17-9-7-16(8-10-17)24-20(28)15-12-23-26(6)13-15/h7-14H,1-6H3,(H,24,28). The summed E-state index contributed by atoms with van der Waals surface area (Å²) in [4.78, 5) is 24.8. The normalized spacial score (nSPS) is 11.6. The molecule has 0 unspecified atom stereocenters. The van der Waals surface area contributed by atoms with E-state index in [4.69, 9.17) is 4.74 Å². The summed E-state index contributed by atoms with van der Waals surface area (Å²) < 4.78 is 8.89. The van der Waals surface area contributed by atoms with Crippen LogP contribution < -0.4 is 10.1 Å². The summed E-state index contributed by atoms with van der Waals surface area (Å²) in [5.41, 5.74) is 2.04. The molecule has 1 aromatic carbocycles. The molecule has 8 heteroatoms. The summed E-state index contributed by atoms with van der Waals surface area (Å²) in [5, 5.41) is 11.2. The van der Waals surface area contributed by atoms with Crippen molar-refractivity contribution >= 4 is 17.6 Å². The molecule has 158 valence electrons. The van der Waals surface area contributed by atoms with E-state index < -0.39 is 5.97 Å². The molecule has 1 amide bonds. The van der Waals surface area contributed by atoms with Crippen LogP contribution in [0.1, 0.15) is 67.1 Å². The first kappa shape index (κ1) is 21.3. The van der Waals surface area contributed by atoms with Gasteiger partial charge in [0.2, 0.25) is 0 Å². The lowest BCUT2D eigenvalue weighted by Crippen LogP contribution is -2.26. The number of ether oxygens (including phenoxy) is 1. The number of hydrogen-bond acceptors (Lipinski definition) is 5. The number of carbonyl (C=O) groups is 2. The van der Waals surface area contributed by atoms with Gasteiger partial charge in [-0.15, -0.1) is 0 Å². The Kier molecular flexibility index (Phi) is 5.78. The Morgan fingerprint density at radius 3 is 2.30 bits per heavy atom. The average molecular weight is 409 g/mol. The van der Waals surface area contributed by atoms with Crippen molar-refractivity contribution in [2.24, 2.45) is 7.05 Å². The van der Waals surface area contributed by atoms with E-state index in [2.05, 4.69) is 29.4 Å². The van der Waals surface area contributed by atoms with Crippen LogP contribution in [0.5, 0.6) is 5.75 Å². The number of amides is 1. The highest BCUT2D eigenvalue weighted by atomic mass is 16.5. The minimum Gasteiger partial charge on any atom is -0.422 e. The Morgan fingerprint density at radius 1 is 1.13 bits per heavy atom. The van der Waals surface area contributed by atoms with Gasteiger partial charge in [0.25, 0.3) is 5.91 Å². The Bertz CT molecular complexity index is 1060. The molecule has 0 fully saturated rings. The van der Waals surface area contributed by atoms with Crippen molar-refractivity contribution in [1.29, 1.82) is 0 Å². The number of anilines is 1. The first-order valence-electron chi connectivity index (χ1n) is 9.77. The Hall–Kier alpha value is -3.42. The van der Waals surface area contributed by atoms with Gasteiger partial charge >= 0.3 is 5.97 Å². The van der Waals surface area contributed by atoms with Crippen molar-refractivity contribution in [1.82, 2.24) is 19.6 Å². The molecule has 3 aromatic rings. The Labute approximate surface area is 175 Å². The van der Waals surface area contributed by atoms with Gasteiger partial charge in [-0.3, -0.25) is 14.2 Å². The van der Waals surface area contributed by atoms with Crippen LogP contribution in [0.3, 0.4) is 0 Å². The molecular formula is C22H27N5O3. The second kappa shape index (κ2) is 8.14. The van der Waals surface area contributed by atoms with Crippen LogP contribution in [-0.4, -0.2) is 31.4 Å². The number of hydrogen-bond donors (Lipinski definition) is 1. The van der Waals surface area contributed by atoms with Gasteiger partial charge in [0.15, 0.2) is 5.69 Å². The fourth-order valence-corrected chi connectivity index (χ4v) is 2.95. The molecule has 1 N–H and O–H groups in total. The predicted molar refractivity (Wildman–Crippen MR) is 114 cm³/mol. The topological polar surface area (TPSA) is 91.0 Å². The third-order valence-electron chi connectivity index (χ3n) is 4.46. The second-order valence-electron chi connectivity index (χ2n) is 8.46. The van der Waals surface area contributed by atoms with E-state index in [0.29, 0.717) is 17.0 Å². The summed E-state index contributed by atoms with van der Waals surface area (Å²) in [6.07, 6.45) is 3.13. The molecule has 0 spiro atoms. The summed E-state index contributed by atoms with van der Waals surface area (Å²) in [5.74, 6) is -0.189. The summed E-state index contributed by atoms with van der Waals surface area (Å²) in [6, 6.07) is 8.37. The Balaban J connectivity index is 1.69. The zero-order valence-electron chi connectivity index (χ0n) is 18.1. The minimum atomic E-state index is -0.521. The molecule has 0 saturated carbocycles. The second-order valence-corrected chi connectivity index (χ2v) is 8.46. The maximum absolute atomic E-state index is 12.6. The molecule has 0 atom stereocenters. The van der Waals surface area contributed by atoms with Crippen molar-refractivity contribution in [3.8, 4) is 5.75 Å². The van der Waals surface area contributed by atoms with Gasteiger partial charge in [0, 0.05) is 24.6 Å². The lowest BCUT2D eigenvalue weighted by Gasteiger charge is -2.23. The maximum atomic E-state index is 12.6. The van der Waals surface area contributed by atoms with E-state index in [1.807, 2.05) is 25.5 Å². The number of aryl methyl sites for hydroxylation is 1. The van der Waals surface area contributed by atoms with E-state index in [9.17, 15) is 9.59 Å². The first-order chi connectivity index (χ1) is 14.0. The molecule has 2 aromatic heterocycles. The highest BCUT2D eigenvalue weighted by Gasteiger charge is 2.24.